The number of hydrogen-bond donors (Lipinski definition) is 1. The van der Waals surface area contributed by atoms with E-state index in [9.17, 15) is 9.59 Å². The summed E-state index contributed by atoms with van der Waals surface area (Å²) < 4.78 is 5.60. The summed E-state index contributed by atoms with van der Waals surface area (Å²) in [5.74, 6) is 0.289. The Hall–Kier alpha value is -3.41. The lowest BCUT2D eigenvalue weighted by molar-refractivity contribution is -0.118. The number of amides is 2. The molecule has 4 rings (SSSR count). The Kier molecular flexibility index (Phi) is 4.01. The number of aromatic nitrogens is 1. The first-order valence-corrected chi connectivity index (χ1v) is 8.32. The molecule has 6 nitrogen and oxygen atoms in total. The van der Waals surface area contributed by atoms with E-state index in [4.69, 9.17) is 4.74 Å². The number of fused-ring (bicyclic) bond motifs is 2. The molecule has 0 fully saturated rings. The molecule has 130 valence electrons. The van der Waals surface area contributed by atoms with Crippen LogP contribution in [-0.4, -0.2) is 30.5 Å². The van der Waals surface area contributed by atoms with Crippen LogP contribution in [0, 0.1) is 0 Å². The van der Waals surface area contributed by atoms with Gasteiger partial charge in [0.05, 0.1) is 29.9 Å². The fourth-order valence-electron chi connectivity index (χ4n) is 2.99. The van der Waals surface area contributed by atoms with Gasteiger partial charge in [-0.05, 0) is 30.3 Å². The smallest absolute Gasteiger partial charge is 0.255 e. The quantitative estimate of drug-likeness (QED) is 0.772. The number of carbonyl (C=O) groups is 2. The topological polar surface area (TPSA) is 71.5 Å². The van der Waals surface area contributed by atoms with E-state index in [1.807, 2.05) is 30.3 Å². The molecule has 0 saturated carbocycles. The SMILES string of the molecule is CN1C(=O)CCOc2ccc(C(=O)Nc3cccc4cccnc34)cc21. The normalized spacial score (nSPS) is 13.7. The molecular formula is C20H17N3O3. The number of nitrogens with one attached hydrogen (secondary N) is 1. The van der Waals surface area contributed by atoms with Crippen molar-refractivity contribution in [2.24, 2.45) is 0 Å². The van der Waals surface area contributed by atoms with Gasteiger partial charge in [-0.15, -0.1) is 0 Å². The summed E-state index contributed by atoms with van der Waals surface area (Å²) in [6.07, 6.45) is 2.01. The molecule has 26 heavy (non-hydrogen) atoms. The molecule has 1 aliphatic heterocycles. The second-order valence-electron chi connectivity index (χ2n) is 6.07. The zero-order chi connectivity index (χ0) is 18.1. The van der Waals surface area contributed by atoms with Gasteiger partial charge < -0.3 is 15.0 Å². The van der Waals surface area contributed by atoms with Gasteiger partial charge in [-0.3, -0.25) is 14.6 Å². The van der Waals surface area contributed by atoms with Crippen LogP contribution >= 0.6 is 0 Å². The Morgan fingerprint density at radius 2 is 2.04 bits per heavy atom. The van der Waals surface area contributed by atoms with Crippen LogP contribution in [0.2, 0.25) is 0 Å². The summed E-state index contributed by atoms with van der Waals surface area (Å²) in [6.45, 7) is 0.337. The average Bonchev–Trinajstić information content (AvgIpc) is 2.81. The molecule has 0 bridgehead atoms. The van der Waals surface area contributed by atoms with Crippen molar-refractivity contribution < 1.29 is 14.3 Å². The fourth-order valence-corrected chi connectivity index (χ4v) is 2.99. The molecule has 0 aliphatic carbocycles. The third kappa shape index (κ3) is 2.86. The van der Waals surface area contributed by atoms with Crippen molar-refractivity contribution in [2.75, 3.05) is 23.9 Å². The molecule has 0 saturated heterocycles. The maximum absolute atomic E-state index is 12.7. The number of rotatable bonds is 2. The molecule has 6 heteroatoms. The molecule has 1 aromatic heterocycles. The van der Waals surface area contributed by atoms with Gasteiger partial charge in [0.2, 0.25) is 5.91 Å². The first-order chi connectivity index (χ1) is 12.6. The molecule has 3 aromatic rings. The molecule has 2 aromatic carbocycles. The van der Waals surface area contributed by atoms with Crippen LogP contribution in [0.5, 0.6) is 5.75 Å². The molecule has 2 heterocycles. The highest BCUT2D eigenvalue weighted by Crippen LogP contribution is 2.32. The Balaban J connectivity index is 1.67. The fraction of sp³-hybridized carbons (Fsp3) is 0.150. The van der Waals surface area contributed by atoms with E-state index in [0.717, 1.165) is 10.9 Å². The Morgan fingerprint density at radius 3 is 2.92 bits per heavy atom. The third-order valence-electron chi connectivity index (χ3n) is 4.41. The van der Waals surface area contributed by atoms with E-state index in [1.165, 1.54) is 4.90 Å². The number of pyridine rings is 1. The van der Waals surface area contributed by atoms with Crippen molar-refractivity contribution in [1.82, 2.24) is 4.98 Å². The minimum atomic E-state index is -0.268. The van der Waals surface area contributed by atoms with Crippen molar-refractivity contribution in [1.29, 1.82) is 0 Å². The highest BCUT2D eigenvalue weighted by molar-refractivity contribution is 6.09. The number of anilines is 2. The molecule has 2 amide bonds. The van der Waals surface area contributed by atoms with Gasteiger partial charge in [0.15, 0.2) is 0 Å². The molecule has 1 aliphatic rings. The van der Waals surface area contributed by atoms with E-state index in [1.54, 1.807) is 31.4 Å². The second-order valence-corrected chi connectivity index (χ2v) is 6.07. The van der Waals surface area contributed by atoms with Crippen molar-refractivity contribution in [3.05, 3.63) is 60.3 Å². The number of benzene rings is 2. The second kappa shape index (κ2) is 6.48. The van der Waals surface area contributed by atoms with Gasteiger partial charge >= 0.3 is 0 Å². The number of hydrogen-bond acceptors (Lipinski definition) is 4. The Labute approximate surface area is 150 Å². The molecule has 0 atom stereocenters. The van der Waals surface area contributed by atoms with Crippen molar-refractivity contribution >= 4 is 34.1 Å². The largest absolute Gasteiger partial charge is 0.491 e. The minimum absolute atomic E-state index is 0.0421. The highest BCUT2D eigenvalue weighted by atomic mass is 16.5. The van der Waals surface area contributed by atoms with Gasteiger partial charge in [0.25, 0.3) is 5.91 Å². The van der Waals surface area contributed by atoms with Gasteiger partial charge in [-0.2, -0.15) is 0 Å². The zero-order valence-corrected chi connectivity index (χ0v) is 14.2. The summed E-state index contributed by atoms with van der Waals surface area (Å²) in [4.78, 5) is 30.6. The van der Waals surface area contributed by atoms with Crippen LogP contribution in [-0.2, 0) is 4.79 Å². The number of para-hydroxylation sites is 1. The summed E-state index contributed by atoms with van der Waals surface area (Å²) in [6, 6.07) is 14.5. The first kappa shape index (κ1) is 16.1. The van der Waals surface area contributed by atoms with Crippen LogP contribution < -0.4 is 15.0 Å². The van der Waals surface area contributed by atoms with E-state index >= 15 is 0 Å². The van der Waals surface area contributed by atoms with Crippen molar-refractivity contribution in [3.63, 3.8) is 0 Å². The van der Waals surface area contributed by atoms with Crippen LogP contribution in [0.15, 0.2) is 54.7 Å². The zero-order valence-electron chi connectivity index (χ0n) is 14.2. The van der Waals surface area contributed by atoms with E-state index in [-0.39, 0.29) is 11.8 Å². The summed E-state index contributed by atoms with van der Waals surface area (Å²) >= 11 is 0. The summed E-state index contributed by atoms with van der Waals surface area (Å²) in [5, 5.41) is 3.85. The number of ether oxygens (including phenoxy) is 1. The lowest BCUT2D eigenvalue weighted by Crippen LogP contribution is -2.25. The van der Waals surface area contributed by atoms with E-state index in [0.29, 0.717) is 35.7 Å². The lowest BCUT2D eigenvalue weighted by atomic mass is 10.1. The number of carbonyl (C=O) groups excluding carboxylic acids is 2. The predicted molar refractivity (Wildman–Crippen MR) is 99.7 cm³/mol. The summed E-state index contributed by atoms with van der Waals surface area (Å²) in [7, 11) is 1.69. The van der Waals surface area contributed by atoms with Crippen LogP contribution in [0.1, 0.15) is 16.8 Å². The summed E-state index contributed by atoms with van der Waals surface area (Å²) in [5.41, 5.74) is 2.41. The van der Waals surface area contributed by atoms with Gasteiger partial charge in [-0.25, -0.2) is 0 Å². The molecule has 1 N–H and O–H groups in total. The Bertz CT molecular complexity index is 1010. The maximum atomic E-state index is 12.7. The van der Waals surface area contributed by atoms with Crippen molar-refractivity contribution in [2.45, 2.75) is 6.42 Å². The molecule has 0 radical (unpaired) electrons. The first-order valence-electron chi connectivity index (χ1n) is 8.32. The molecule has 0 spiro atoms. The maximum Gasteiger partial charge on any atom is 0.255 e. The van der Waals surface area contributed by atoms with Crippen LogP contribution in [0.4, 0.5) is 11.4 Å². The molecule has 0 unspecified atom stereocenters. The average molecular weight is 347 g/mol. The number of nitrogens with zero attached hydrogens (tertiary/aromatic N) is 2. The Morgan fingerprint density at radius 1 is 1.19 bits per heavy atom. The van der Waals surface area contributed by atoms with Gasteiger partial charge in [-0.1, -0.05) is 18.2 Å². The van der Waals surface area contributed by atoms with Crippen molar-refractivity contribution in [3.8, 4) is 5.75 Å². The minimum Gasteiger partial charge on any atom is -0.491 e. The highest BCUT2D eigenvalue weighted by Gasteiger charge is 2.21. The standard InChI is InChI=1S/C20H17N3O3/c1-23-16-12-14(7-8-17(16)26-11-9-18(23)24)20(25)22-15-6-2-4-13-5-3-10-21-19(13)15/h2-8,10,12H,9,11H2,1H3,(H,22,25). The van der Waals surface area contributed by atoms with Gasteiger partial charge in [0, 0.05) is 24.2 Å². The van der Waals surface area contributed by atoms with Gasteiger partial charge in [0.1, 0.15) is 5.75 Å². The predicted octanol–water partition coefficient (Wildman–Crippen LogP) is 3.23. The van der Waals surface area contributed by atoms with Crippen LogP contribution in [0.25, 0.3) is 10.9 Å². The monoisotopic (exact) mass is 347 g/mol. The lowest BCUT2D eigenvalue weighted by Gasteiger charge is -2.17. The van der Waals surface area contributed by atoms with E-state index < -0.39 is 0 Å². The molecular weight excluding hydrogens is 330 g/mol. The van der Waals surface area contributed by atoms with Crippen LogP contribution in [0.3, 0.4) is 0 Å². The van der Waals surface area contributed by atoms with E-state index in [2.05, 4.69) is 10.3 Å². The third-order valence-corrected chi connectivity index (χ3v) is 4.41.